The van der Waals surface area contributed by atoms with Crippen molar-refractivity contribution in [3.63, 3.8) is 0 Å². The molecule has 0 bridgehead atoms. The second-order valence-corrected chi connectivity index (χ2v) is 5.69. The fourth-order valence-corrected chi connectivity index (χ4v) is 1.49. The maximum absolute atomic E-state index is 13.7. The molecule has 1 aromatic rings. The number of ether oxygens (including phenoxy) is 2. The number of carbonyl (C=O) groups is 2. The van der Waals surface area contributed by atoms with Gasteiger partial charge in [0, 0.05) is 4.91 Å². The van der Waals surface area contributed by atoms with E-state index in [9.17, 15) is 27.2 Å². The molecule has 0 aromatic heterocycles. The summed E-state index contributed by atoms with van der Waals surface area (Å²) in [5, 5.41) is 2.49. The van der Waals surface area contributed by atoms with Crippen LogP contribution in [0.1, 0.15) is 31.1 Å². The average Bonchev–Trinajstić information content (AvgIpc) is 2.52. The molecule has 11 heteroatoms. The van der Waals surface area contributed by atoms with Crippen LogP contribution in [0.15, 0.2) is 5.11 Å². The third-order valence-corrected chi connectivity index (χ3v) is 2.75. The van der Waals surface area contributed by atoms with Gasteiger partial charge in [0.2, 0.25) is 0 Å². The van der Waals surface area contributed by atoms with Crippen molar-refractivity contribution in [3.05, 3.63) is 39.3 Å². The zero-order valence-corrected chi connectivity index (χ0v) is 13.4. The van der Waals surface area contributed by atoms with E-state index in [1.807, 2.05) is 4.91 Å². The Kier molecular flexibility index (Phi) is 6.35. The minimum atomic E-state index is -2.07. The molecule has 0 spiro atoms. The third kappa shape index (κ3) is 4.60. The summed E-state index contributed by atoms with van der Waals surface area (Å²) < 4.78 is 63.7. The van der Waals surface area contributed by atoms with E-state index < -0.39 is 65.1 Å². The number of benzene rings is 1. The van der Waals surface area contributed by atoms with Crippen LogP contribution in [-0.2, 0) is 14.3 Å². The van der Waals surface area contributed by atoms with Crippen LogP contribution in [0.25, 0.3) is 10.4 Å². The molecule has 0 amide bonds. The molecule has 0 saturated carbocycles. The second kappa shape index (κ2) is 7.84. The molecule has 0 aliphatic rings. The van der Waals surface area contributed by atoms with Crippen molar-refractivity contribution in [2.24, 2.45) is 10.5 Å². The zero-order chi connectivity index (χ0) is 19.4. The summed E-state index contributed by atoms with van der Waals surface area (Å²) in [7, 11) is 0. The van der Waals surface area contributed by atoms with Gasteiger partial charge in [-0.05, 0) is 26.3 Å². The predicted octanol–water partition coefficient (Wildman–Crippen LogP) is 3.93. The highest BCUT2D eigenvalue weighted by Crippen LogP contribution is 2.30. The van der Waals surface area contributed by atoms with Crippen molar-refractivity contribution < 1.29 is 36.6 Å². The Labute approximate surface area is 139 Å². The minimum absolute atomic E-state index is 0.424. The summed E-state index contributed by atoms with van der Waals surface area (Å²) in [5.41, 5.74) is 4.13. The SMILES string of the molecule is CC(C)(C)C(=O)OCCOC(=O)c1c(F)c(F)c(N=[N+]=[N-])c(F)c1F. The second-order valence-electron chi connectivity index (χ2n) is 5.69. The van der Waals surface area contributed by atoms with Gasteiger partial charge in [0.05, 0.1) is 5.41 Å². The lowest BCUT2D eigenvalue weighted by atomic mass is 9.97. The standard InChI is InChI=1S/C14H13F4N3O4/c1-14(2,3)13(23)25-5-4-24-12(22)6-7(15)9(17)11(20-21-19)10(18)8(6)16/h4-5H2,1-3H3. The lowest BCUT2D eigenvalue weighted by Gasteiger charge is -2.16. The lowest BCUT2D eigenvalue weighted by molar-refractivity contribution is -0.154. The van der Waals surface area contributed by atoms with Gasteiger partial charge in [0.25, 0.3) is 0 Å². The van der Waals surface area contributed by atoms with E-state index in [2.05, 4.69) is 9.85 Å². The first kappa shape index (κ1) is 20.2. The maximum Gasteiger partial charge on any atom is 0.344 e. The monoisotopic (exact) mass is 363 g/mol. The van der Waals surface area contributed by atoms with Crippen molar-refractivity contribution in [1.82, 2.24) is 0 Å². The number of halogens is 4. The van der Waals surface area contributed by atoms with E-state index in [0.29, 0.717) is 0 Å². The van der Waals surface area contributed by atoms with E-state index in [1.54, 1.807) is 20.8 Å². The molecule has 25 heavy (non-hydrogen) atoms. The summed E-state index contributed by atoms with van der Waals surface area (Å²) in [5.74, 6) is -10.6. The summed E-state index contributed by atoms with van der Waals surface area (Å²) in [6, 6.07) is 0. The maximum atomic E-state index is 13.7. The van der Waals surface area contributed by atoms with Crippen LogP contribution in [0.4, 0.5) is 23.2 Å². The van der Waals surface area contributed by atoms with E-state index in [0.717, 1.165) is 0 Å². The molecule has 136 valence electrons. The number of rotatable bonds is 5. The molecular formula is C14H13F4N3O4. The molecule has 0 N–H and O–H groups in total. The van der Waals surface area contributed by atoms with Crippen molar-refractivity contribution in [1.29, 1.82) is 0 Å². The van der Waals surface area contributed by atoms with Gasteiger partial charge in [0.15, 0.2) is 23.3 Å². The minimum Gasteiger partial charge on any atom is -0.462 e. The Morgan fingerprint density at radius 2 is 1.48 bits per heavy atom. The largest absolute Gasteiger partial charge is 0.462 e. The van der Waals surface area contributed by atoms with Gasteiger partial charge in [0.1, 0.15) is 24.5 Å². The van der Waals surface area contributed by atoms with Gasteiger partial charge in [-0.25, -0.2) is 22.4 Å². The first-order valence-corrected chi connectivity index (χ1v) is 6.77. The fourth-order valence-electron chi connectivity index (χ4n) is 1.49. The lowest BCUT2D eigenvalue weighted by Crippen LogP contribution is -2.25. The predicted molar refractivity (Wildman–Crippen MR) is 75.8 cm³/mol. The van der Waals surface area contributed by atoms with Gasteiger partial charge in [-0.2, -0.15) is 0 Å². The average molecular weight is 363 g/mol. The summed E-state index contributed by atoms with van der Waals surface area (Å²) in [6.45, 7) is 3.70. The number of carbonyl (C=O) groups excluding carboxylic acids is 2. The van der Waals surface area contributed by atoms with Crippen LogP contribution in [0.5, 0.6) is 0 Å². The van der Waals surface area contributed by atoms with Crippen molar-refractivity contribution in [3.8, 4) is 0 Å². The highest BCUT2D eigenvalue weighted by atomic mass is 19.2. The molecule has 0 heterocycles. The molecule has 0 radical (unpaired) electrons. The molecule has 0 atom stereocenters. The summed E-state index contributed by atoms with van der Waals surface area (Å²) >= 11 is 0. The van der Waals surface area contributed by atoms with E-state index in [-0.39, 0.29) is 0 Å². The molecule has 7 nitrogen and oxygen atoms in total. The number of nitrogens with zero attached hydrogens (tertiary/aromatic N) is 3. The Balaban J connectivity index is 2.90. The Morgan fingerprint density at radius 3 is 1.92 bits per heavy atom. The molecule has 0 unspecified atom stereocenters. The first-order valence-electron chi connectivity index (χ1n) is 6.77. The normalized spacial score (nSPS) is 10.8. The van der Waals surface area contributed by atoms with Crippen molar-refractivity contribution >= 4 is 17.6 Å². The summed E-state index contributed by atoms with van der Waals surface area (Å²) in [6.07, 6.45) is 0. The van der Waals surface area contributed by atoms with E-state index in [4.69, 9.17) is 10.3 Å². The highest BCUT2D eigenvalue weighted by Gasteiger charge is 2.30. The van der Waals surface area contributed by atoms with Crippen LogP contribution in [0.2, 0.25) is 0 Å². The number of esters is 2. The van der Waals surface area contributed by atoms with E-state index in [1.165, 1.54) is 0 Å². The molecule has 1 rings (SSSR count). The van der Waals surface area contributed by atoms with Gasteiger partial charge >= 0.3 is 11.9 Å². The van der Waals surface area contributed by atoms with Crippen molar-refractivity contribution in [2.45, 2.75) is 20.8 Å². The number of hydrogen-bond acceptors (Lipinski definition) is 5. The van der Waals surface area contributed by atoms with Crippen LogP contribution >= 0.6 is 0 Å². The summed E-state index contributed by atoms with van der Waals surface area (Å²) in [4.78, 5) is 25.1. The van der Waals surface area contributed by atoms with E-state index >= 15 is 0 Å². The number of hydrogen-bond donors (Lipinski definition) is 0. The van der Waals surface area contributed by atoms with Crippen LogP contribution < -0.4 is 0 Å². The Hall–Kier alpha value is -2.81. The Morgan fingerprint density at radius 1 is 1.00 bits per heavy atom. The molecule has 0 fully saturated rings. The topological polar surface area (TPSA) is 101 Å². The van der Waals surface area contributed by atoms with Crippen molar-refractivity contribution in [2.75, 3.05) is 13.2 Å². The molecule has 1 aromatic carbocycles. The quantitative estimate of drug-likeness (QED) is 0.150. The smallest absolute Gasteiger partial charge is 0.344 e. The molecule has 0 saturated heterocycles. The van der Waals surface area contributed by atoms with Crippen LogP contribution in [0, 0.1) is 28.7 Å². The third-order valence-electron chi connectivity index (χ3n) is 2.75. The highest BCUT2D eigenvalue weighted by molar-refractivity contribution is 5.90. The molecule has 0 aliphatic heterocycles. The Bertz CT molecular complexity index is 726. The number of azide groups is 1. The van der Waals surface area contributed by atoms with Gasteiger partial charge in [-0.3, -0.25) is 4.79 Å². The molecular weight excluding hydrogens is 350 g/mol. The van der Waals surface area contributed by atoms with Gasteiger partial charge < -0.3 is 9.47 Å². The zero-order valence-electron chi connectivity index (χ0n) is 13.4. The van der Waals surface area contributed by atoms with Crippen LogP contribution in [-0.4, -0.2) is 25.2 Å². The molecule has 0 aliphatic carbocycles. The van der Waals surface area contributed by atoms with Gasteiger partial charge in [-0.15, -0.1) is 0 Å². The fraction of sp³-hybridized carbons (Fsp3) is 0.429. The van der Waals surface area contributed by atoms with Crippen LogP contribution in [0.3, 0.4) is 0 Å². The first-order chi connectivity index (χ1) is 11.5. The van der Waals surface area contributed by atoms with Gasteiger partial charge in [-0.1, -0.05) is 5.11 Å².